The third-order valence-electron chi connectivity index (χ3n) is 5.25. The van der Waals surface area contributed by atoms with Crippen molar-refractivity contribution in [1.82, 2.24) is 4.90 Å². The largest absolute Gasteiger partial charge is 0.465 e. The molecule has 1 aliphatic rings. The van der Waals surface area contributed by atoms with Crippen molar-refractivity contribution in [1.29, 1.82) is 0 Å². The van der Waals surface area contributed by atoms with E-state index in [-0.39, 0.29) is 24.3 Å². The second-order valence-corrected chi connectivity index (χ2v) is 8.80. The van der Waals surface area contributed by atoms with Crippen LogP contribution in [0.2, 0.25) is 0 Å². The SMILES string of the molecule is CC(C)(C)C1(C(=O)Nc2c(C(N)=O)oc3ccc(Br)cc23)CCC(=O)N1C(=O)O. The molecule has 0 bridgehead atoms. The van der Waals surface area contributed by atoms with Crippen LogP contribution in [0.25, 0.3) is 11.0 Å². The Morgan fingerprint density at radius 3 is 2.52 bits per heavy atom. The molecule has 0 spiro atoms. The predicted molar refractivity (Wildman–Crippen MR) is 107 cm³/mol. The first-order valence-corrected chi connectivity index (χ1v) is 9.58. The number of carboxylic acid groups (broad SMARTS) is 1. The summed E-state index contributed by atoms with van der Waals surface area (Å²) >= 11 is 3.32. The van der Waals surface area contributed by atoms with Crippen molar-refractivity contribution in [3.05, 3.63) is 28.4 Å². The van der Waals surface area contributed by atoms with E-state index in [4.69, 9.17) is 10.2 Å². The molecule has 4 N–H and O–H groups in total. The number of carbonyl (C=O) groups excluding carboxylic acids is 3. The van der Waals surface area contributed by atoms with Crippen molar-refractivity contribution in [2.45, 2.75) is 39.2 Å². The fourth-order valence-corrected chi connectivity index (χ4v) is 4.21. The van der Waals surface area contributed by atoms with Crippen LogP contribution in [0.1, 0.15) is 44.2 Å². The number of imide groups is 1. The Hall–Kier alpha value is -2.88. The van der Waals surface area contributed by atoms with Crippen LogP contribution in [0.15, 0.2) is 27.1 Å². The lowest BCUT2D eigenvalue weighted by molar-refractivity contribution is -0.141. The van der Waals surface area contributed by atoms with Gasteiger partial charge in [0.15, 0.2) is 0 Å². The smallest absolute Gasteiger partial charge is 0.415 e. The van der Waals surface area contributed by atoms with E-state index in [0.717, 1.165) is 0 Å². The normalized spacial score (nSPS) is 19.6. The van der Waals surface area contributed by atoms with Gasteiger partial charge < -0.3 is 20.6 Å². The number of carbonyl (C=O) groups is 4. The lowest BCUT2D eigenvalue weighted by atomic mass is 9.71. The Morgan fingerprint density at radius 2 is 1.97 bits per heavy atom. The van der Waals surface area contributed by atoms with Crippen LogP contribution in [0.3, 0.4) is 0 Å². The second kappa shape index (κ2) is 6.87. The van der Waals surface area contributed by atoms with Gasteiger partial charge in [0.2, 0.25) is 11.7 Å². The van der Waals surface area contributed by atoms with Gasteiger partial charge in [0.25, 0.3) is 11.8 Å². The lowest BCUT2D eigenvalue weighted by Gasteiger charge is -2.44. The van der Waals surface area contributed by atoms with Gasteiger partial charge in [-0.15, -0.1) is 0 Å². The number of anilines is 1. The number of nitrogens with one attached hydrogen (secondary N) is 1. The monoisotopic (exact) mass is 465 g/mol. The fourth-order valence-electron chi connectivity index (χ4n) is 3.84. The summed E-state index contributed by atoms with van der Waals surface area (Å²) in [5, 5.41) is 12.7. The number of hydrogen-bond donors (Lipinski definition) is 3. The van der Waals surface area contributed by atoms with E-state index in [1.807, 2.05) is 0 Å². The minimum atomic E-state index is -1.67. The van der Waals surface area contributed by atoms with Crippen molar-refractivity contribution >= 4 is 56.4 Å². The van der Waals surface area contributed by atoms with Crippen molar-refractivity contribution in [2.75, 3.05) is 5.32 Å². The summed E-state index contributed by atoms with van der Waals surface area (Å²) in [6, 6.07) is 4.93. The molecule has 2 heterocycles. The molecule has 10 heteroatoms. The van der Waals surface area contributed by atoms with Crippen LogP contribution in [0, 0.1) is 5.41 Å². The summed E-state index contributed by atoms with van der Waals surface area (Å²) in [7, 11) is 0. The highest BCUT2D eigenvalue weighted by Crippen LogP contribution is 2.46. The first kappa shape index (κ1) is 20.8. The molecule has 0 aliphatic carbocycles. The Bertz CT molecular complexity index is 1050. The van der Waals surface area contributed by atoms with E-state index < -0.39 is 34.8 Å². The van der Waals surface area contributed by atoms with Gasteiger partial charge in [-0.05, 0) is 30.0 Å². The van der Waals surface area contributed by atoms with E-state index in [9.17, 15) is 24.3 Å². The minimum absolute atomic E-state index is 0.0127. The molecule has 1 atom stereocenters. The van der Waals surface area contributed by atoms with E-state index in [1.54, 1.807) is 39.0 Å². The Balaban J connectivity index is 2.17. The highest BCUT2D eigenvalue weighted by atomic mass is 79.9. The van der Waals surface area contributed by atoms with Gasteiger partial charge >= 0.3 is 6.09 Å². The first-order chi connectivity index (χ1) is 13.4. The number of furan rings is 1. The van der Waals surface area contributed by atoms with Gasteiger partial charge in [-0.3, -0.25) is 14.4 Å². The molecular formula is C19H20BrN3O6. The summed E-state index contributed by atoms with van der Waals surface area (Å²) in [5.41, 5.74) is 3.17. The molecule has 9 nitrogen and oxygen atoms in total. The standard InChI is InChI=1S/C19H20BrN3O6/c1-18(2,3)19(7-6-12(24)23(19)17(27)28)16(26)22-13-10-8-9(20)4-5-11(10)29-14(13)15(21)25/h4-5,8H,6-7H2,1-3H3,(H2,21,25)(H,22,26)(H,27,28). The van der Waals surface area contributed by atoms with Crippen LogP contribution in [-0.4, -0.2) is 39.4 Å². The number of fused-ring (bicyclic) bond motifs is 1. The number of hydrogen-bond acceptors (Lipinski definition) is 5. The van der Waals surface area contributed by atoms with Crippen LogP contribution >= 0.6 is 15.9 Å². The highest BCUT2D eigenvalue weighted by Gasteiger charge is 2.61. The van der Waals surface area contributed by atoms with Crippen LogP contribution in [-0.2, 0) is 9.59 Å². The molecule has 0 saturated carbocycles. The second-order valence-electron chi connectivity index (χ2n) is 7.89. The number of nitrogens with zero attached hydrogens (tertiary/aromatic N) is 1. The molecule has 0 radical (unpaired) electrons. The average Bonchev–Trinajstić information content (AvgIpc) is 3.13. The highest BCUT2D eigenvalue weighted by molar-refractivity contribution is 9.10. The lowest BCUT2D eigenvalue weighted by Crippen LogP contribution is -2.63. The van der Waals surface area contributed by atoms with Crippen LogP contribution in [0.4, 0.5) is 10.5 Å². The maximum atomic E-state index is 13.5. The molecule has 1 aromatic heterocycles. The molecule has 2 aromatic rings. The van der Waals surface area contributed by atoms with E-state index in [0.29, 0.717) is 20.3 Å². The zero-order valence-electron chi connectivity index (χ0n) is 16.0. The number of primary amides is 1. The van der Waals surface area contributed by atoms with E-state index >= 15 is 0 Å². The molecule has 1 unspecified atom stereocenters. The summed E-state index contributed by atoms with van der Waals surface area (Å²) in [5.74, 6) is -2.54. The summed E-state index contributed by atoms with van der Waals surface area (Å²) in [4.78, 5) is 50.1. The zero-order valence-corrected chi connectivity index (χ0v) is 17.6. The van der Waals surface area contributed by atoms with Gasteiger partial charge in [0, 0.05) is 16.3 Å². The Kier molecular flexibility index (Phi) is 4.94. The van der Waals surface area contributed by atoms with E-state index in [2.05, 4.69) is 21.2 Å². The summed E-state index contributed by atoms with van der Waals surface area (Å²) < 4.78 is 6.16. The van der Waals surface area contributed by atoms with Crippen LogP contribution in [0.5, 0.6) is 0 Å². The molecular weight excluding hydrogens is 446 g/mol. The number of amides is 4. The molecule has 1 aromatic carbocycles. The topological polar surface area (TPSA) is 143 Å². The molecule has 3 rings (SSSR count). The first-order valence-electron chi connectivity index (χ1n) is 8.79. The van der Waals surface area contributed by atoms with Gasteiger partial charge in [0.1, 0.15) is 16.8 Å². The molecule has 29 heavy (non-hydrogen) atoms. The number of benzene rings is 1. The van der Waals surface area contributed by atoms with Crippen molar-refractivity contribution in [3.8, 4) is 0 Å². The number of likely N-dealkylation sites (tertiary alicyclic amines) is 1. The molecule has 1 fully saturated rings. The van der Waals surface area contributed by atoms with Crippen LogP contribution < -0.4 is 11.1 Å². The van der Waals surface area contributed by atoms with Crippen molar-refractivity contribution in [3.63, 3.8) is 0 Å². The Labute approximate surface area is 174 Å². The fraction of sp³-hybridized carbons (Fsp3) is 0.368. The third-order valence-corrected chi connectivity index (χ3v) is 5.75. The molecule has 1 aliphatic heterocycles. The summed E-state index contributed by atoms with van der Waals surface area (Å²) in [6.07, 6.45) is -1.58. The average molecular weight is 466 g/mol. The van der Waals surface area contributed by atoms with Gasteiger partial charge in [0.05, 0.1) is 0 Å². The number of nitrogens with two attached hydrogens (primary N) is 1. The van der Waals surface area contributed by atoms with Crippen molar-refractivity contribution in [2.24, 2.45) is 11.1 Å². The van der Waals surface area contributed by atoms with Crippen molar-refractivity contribution < 1.29 is 28.7 Å². The van der Waals surface area contributed by atoms with Gasteiger partial charge in [-0.2, -0.15) is 0 Å². The molecule has 1 saturated heterocycles. The Morgan fingerprint density at radius 1 is 1.31 bits per heavy atom. The molecule has 154 valence electrons. The zero-order chi connectivity index (χ0) is 21.7. The number of rotatable bonds is 3. The minimum Gasteiger partial charge on any atom is -0.465 e. The van der Waals surface area contributed by atoms with Gasteiger partial charge in [-0.1, -0.05) is 36.7 Å². The quantitative estimate of drug-likeness (QED) is 0.633. The predicted octanol–water partition coefficient (Wildman–Crippen LogP) is 3.32. The maximum absolute atomic E-state index is 13.5. The maximum Gasteiger partial charge on any atom is 0.415 e. The van der Waals surface area contributed by atoms with Gasteiger partial charge in [-0.25, -0.2) is 9.69 Å². The third kappa shape index (κ3) is 3.17. The number of halogens is 1. The molecule has 4 amide bonds. The summed E-state index contributed by atoms with van der Waals surface area (Å²) in [6.45, 7) is 5.04. The van der Waals surface area contributed by atoms with E-state index in [1.165, 1.54) is 0 Å².